The lowest BCUT2D eigenvalue weighted by Crippen LogP contribution is -2.40. The van der Waals surface area contributed by atoms with Crippen LogP contribution in [0.5, 0.6) is 0 Å². The maximum Gasteiger partial charge on any atom is 0.128 e. The molecule has 0 bridgehead atoms. The predicted molar refractivity (Wildman–Crippen MR) is 71.7 cm³/mol. The SMILES string of the molecule is CCOC1CCCN(c2cc([C@@H](C)O)ccn2)C1. The molecule has 1 aliphatic heterocycles. The average Bonchev–Trinajstić information content (AvgIpc) is 2.39. The van der Waals surface area contributed by atoms with E-state index in [9.17, 15) is 5.11 Å². The van der Waals surface area contributed by atoms with Crippen molar-refractivity contribution in [3.63, 3.8) is 0 Å². The van der Waals surface area contributed by atoms with Crippen LogP contribution in [0.2, 0.25) is 0 Å². The second kappa shape index (κ2) is 6.16. The first kappa shape index (κ1) is 13.3. The van der Waals surface area contributed by atoms with E-state index in [4.69, 9.17) is 4.74 Å². The minimum absolute atomic E-state index is 0.306. The Morgan fingerprint density at radius 2 is 2.44 bits per heavy atom. The molecule has 0 spiro atoms. The number of aromatic nitrogens is 1. The minimum atomic E-state index is -0.445. The fraction of sp³-hybridized carbons (Fsp3) is 0.643. The second-order valence-electron chi connectivity index (χ2n) is 4.79. The van der Waals surface area contributed by atoms with Gasteiger partial charge in [0.25, 0.3) is 0 Å². The Balaban J connectivity index is 2.08. The second-order valence-corrected chi connectivity index (χ2v) is 4.79. The molecule has 4 heteroatoms. The lowest BCUT2D eigenvalue weighted by molar-refractivity contribution is 0.0525. The molecule has 1 fully saturated rings. The van der Waals surface area contributed by atoms with Gasteiger partial charge in [0.2, 0.25) is 0 Å². The van der Waals surface area contributed by atoms with Gasteiger partial charge in [0.15, 0.2) is 0 Å². The average molecular weight is 250 g/mol. The molecule has 1 aliphatic rings. The van der Waals surface area contributed by atoms with Crippen molar-refractivity contribution in [2.75, 3.05) is 24.6 Å². The molecule has 0 saturated carbocycles. The van der Waals surface area contributed by atoms with E-state index in [1.54, 1.807) is 13.1 Å². The van der Waals surface area contributed by atoms with Crippen LogP contribution in [0.15, 0.2) is 18.3 Å². The first-order chi connectivity index (χ1) is 8.70. The summed E-state index contributed by atoms with van der Waals surface area (Å²) in [5.74, 6) is 0.942. The van der Waals surface area contributed by atoms with E-state index >= 15 is 0 Å². The van der Waals surface area contributed by atoms with Gasteiger partial charge < -0.3 is 14.7 Å². The number of aliphatic hydroxyl groups is 1. The van der Waals surface area contributed by atoms with Crippen molar-refractivity contribution in [1.82, 2.24) is 4.98 Å². The van der Waals surface area contributed by atoms with Crippen molar-refractivity contribution in [3.05, 3.63) is 23.9 Å². The first-order valence-electron chi connectivity index (χ1n) is 6.71. The van der Waals surface area contributed by atoms with E-state index in [1.165, 1.54) is 0 Å². The molecular weight excluding hydrogens is 228 g/mol. The fourth-order valence-corrected chi connectivity index (χ4v) is 2.38. The van der Waals surface area contributed by atoms with Gasteiger partial charge in [0, 0.05) is 25.9 Å². The summed E-state index contributed by atoms with van der Waals surface area (Å²) in [6.07, 6.45) is 3.88. The van der Waals surface area contributed by atoms with Crippen molar-refractivity contribution in [1.29, 1.82) is 0 Å². The van der Waals surface area contributed by atoms with Crippen LogP contribution in [0.1, 0.15) is 38.4 Å². The molecule has 0 aliphatic carbocycles. The van der Waals surface area contributed by atoms with E-state index in [-0.39, 0.29) is 0 Å². The molecule has 0 aromatic carbocycles. The molecular formula is C14H22N2O2. The maximum absolute atomic E-state index is 9.61. The van der Waals surface area contributed by atoms with Crippen LogP contribution in [0.25, 0.3) is 0 Å². The molecule has 2 rings (SSSR count). The van der Waals surface area contributed by atoms with Crippen molar-refractivity contribution in [2.24, 2.45) is 0 Å². The molecule has 4 nitrogen and oxygen atoms in total. The zero-order valence-electron chi connectivity index (χ0n) is 11.2. The molecule has 0 amide bonds. The van der Waals surface area contributed by atoms with E-state index in [1.807, 2.05) is 19.1 Å². The monoisotopic (exact) mass is 250 g/mol. The predicted octanol–water partition coefficient (Wildman–Crippen LogP) is 2.14. The van der Waals surface area contributed by atoms with Gasteiger partial charge in [-0.3, -0.25) is 0 Å². The van der Waals surface area contributed by atoms with Crippen LogP contribution in [0.4, 0.5) is 5.82 Å². The Bertz CT molecular complexity index is 380. The van der Waals surface area contributed by atoms with Crippen LogP contribution in [-0.4, -0.2) is 35.9 Å². The third kappa shape index (κ3) is 3.21. The van der Waals surface area contributed by atoms with Crippen molar-refractivity contribution in [3.8, 4) is 0 Å². The van der Waals surface area contributed by atoms with Gasteiger partial charge in [0.1, 0.15) is 5.82 Å². The highest BCUT2D eigenvalue weighted by molar-refractivity contribution is 5.42. The number of rotatable bonds is 4. The summed E-state index contributed by atoms with van der Waals surface area (Å²) in [5.41, 5.74) is 0.915. The zero-order valence-corrected chi connectivity index (χ0v) is 11.2. The van der Waals surface area contributed by atoms with Gasteiger partial charge in [-0.1, -0.05) is 0 Å². The summed E-state index contributed by atoms with van der Waals surface area (Å²) in [6, 6.07) is 3.83. The van der Waals surface area contributed by atoms with E-state index < -0.39 is 6.10 Å². The molecule has 1 aromatic rings. The Labute approximate surface area is 109 Å². The van der Waals surface area contributed by atoms with Gasteiger partial charge in [-0.15, -0.1) is 0 Å². The lowest BCUT2D eigenvalue weighted by atomic mass is 10.1. The van der Waals surface area contributed by atoms with Gasteiger partial charge in [0.05, 0.1) is 12.2 Å². The normalized spacial score (nSPS) is 21.9. The Kier molecular flexibility index (Phi) is 4.55. The Morgan fingerprint density at radius 1 is 1.61 bits per heavy atom. The third-order valence-corrected chi connectivity index (χ3v) is 3.36. The van der Waals surface area contributed by atoms with Gasteiger partial charge in [-0.2, -0.15) is 0 Å². The molecule has 2 atom stereocenters. The molecule has 1 saturated heterocycles. The van der Waals surface area contributed by atoms with Gasteiger partial charge in [-0.25, -0.2) is 4.98 Å². The highest BCUT2D eigenvalue weighted by atomic mass is 16.5. The number of nitrogens with zero attached hydrogens (tertiary/aromatic N) is 2. The van der Waals surface area contributed by atoms with Crippen LogP contribution in [-0.2, 0) is 4.74 Å². The van der Waals surface area contributed by atoms with Crippen molar-refractivity contribution < 1.29 is 9.84 Å². The van der Waals surface area contributed by atoms with E-state index in [2.05, 4.69) is 9.88 Å². The number of aliphatic hydroxyl groups excluding tert-OH is 1. The largest absolute Gasteiger partial charge is 0.389 e. The van der Waals surface area contributed by atoms with Crippen LogP contribution in [0.3, 0.4) is 0 Å². The maximum atomic E-state index is 9.61. The smallest absolute Gasteiger partial charge is 0.128 e. The van der Waals surface area contributed by atoms with Crippen LogP contribution >= 0.6 is 0 Å². The molecule has 0 radical (unpaired) electrons. The Hall–Kier alpha value is -1.13. The number of ether oxygens (including phenoxy) is 1. The Morgan fingerprint density at radius 3 is 3.17 bits per heavy atom. The molecule has 1 aromatic heterocycles. The fourth-order valence-electron chi connectivity index (χ4n) is 2.38. The summed E-state index contributed by atoms with van der Waals surface area (Å²) in [4.78, 5) is 6.65. The summed E-state index contributed by atoms with van der Waals surface area (Å²) in [5, 5.41) is 9.61. The molecule has 1 unspecified atom stereocenters. The van der Waals surface area contributed by atoms with Gasteiger partial charge >= 0.3 is 0 Å². The van der Waals surface area contributed by atoms with Crippen LogP contribution in [0, 0.1) is 0 Å². The van der Waals surface area contributed by atoms with Crippen LogP contribution < -0.4 is 4.90 Å². The van der Waals surface area contributed by atoms with E-state index in [0.29, 0.717) is 6.10 Å². The topological polar surface area (TPSA) is 45.6 Å². The molecule has 2 heterocycles. The highest BCUT2D eigenvalue weighted by Crippen LogP contribution is 2.22. The number of pyridine rings is 1. The summed E-state index contributed by atoms with van der Waals surface area (Å²) < 4.78 is 5.69. The number of hydrogen-bond acceptors (Lipinski definition) is 4. The van der Waals surface area contributed by atoms with Crippen molar-refractivity contribution >= 4 is 5.82 Å². The summed E-state index contributed by atoms with van der Waals surface area (Å²) >= 11 is 0. The molecule has 1 N–H and O–H groups in total. The van der Waals surface area contributed by atoms with E-state index in [0.717, 1.165) is 43.9 Å². The summed E-state index contributed by atoms with van der Waals surface area (Å²) in [7, 11) is 0. The lowest BCUT2D eigenvalue weighted by Gasteiger charge is -2.33. The van der Waals surface area contributed by atoms with Gasteiger partial charge in [-0.05, 0) is 44.4 Å². The number of hydrogen-bond donors (Lipinski definition) is 1. The minimum Gasteiger partial charge on any atom is -0.389 e. The first-order valence-corrected chi connectivity index (χ1v) is 6.71. The highest BCUT2D eigenvalue weighted by Gasteiger charge is 2.21. The molecule has 100 valence electrons. The number of piperidine rings is 1. The molecule has 18 heavy (non-hydrogen) atoms. The van der Waals surface area contributed by atoms with Crippen molar-refractivity contribution in [2.45, 2.75) is 38.9 Å². The third-order valence-electron chi connectivity index (χ3n) is 3.36. The standard InChI is InChI=1S/C14H22N2O2/c1-3-18-13-5-4-8-16(10-13)14-9-12(11(2)17)6-7-15-14/h6-7,9,11,13,17H,3-5,8,10H2,1-2H3/t11-,13?/m1/s1. The quantitative estimate of drug-likeness (QED) is 0.889. The zero-order chi connectivity index (χ0) is 13.0. The summed E-state index contributed by atoms with van der Waals surface area (Å²) in [6.45, 7) is 6.48. The number of anilines is 1.